The van der Waals surface area contributed by atoms with Gasteiger partial charge in [-0.25, -0.2) is 9.42 Å². The Hall–Kier alpha value is -2.93. The molecule has 3 rings (SSSR count). The molecule has 7 heteroatoms. The highest BCUT2D eigenvalue weighted by Gasteiger charge is 2.12. The maximum atomic E-state index is 11.3. The van der Waals surface area contributed by atoms with E-state index in [9.17, 15) is 9.90 Å². The summed E-state index contributed by atoms with van der Waals surface area (Å²) in [5.74, 6) is -0.641. The number of hydrogen-bond acceptors (Lipinski definition) is 6. The van der Waals surface area contributed by atoms with Crippen LogP contribution in [0.15, 0.2) is 41.0 Å². The summed E-state index contributed by atoms with van der Waals surface area (Å²) < 4.78 is 9.78. The fraction of sp³-hybridized carbons (Fsp3) is 0.235. The van der Waals surface area contributed by atoms with E-state index < -0.39 is 5.97 Å². The van der Waals surface area contributed by atoms with Gasteiger partial charge < -0.3 is 9.84 Å². The second-order valence-electron chi connectivity index (χ2n) is 5.60. The molecule has 0 unspecified atom stereocenters. The van der Waals surface area contributed by atoms with E-state index in [4.69, 9.17) is 9.37 Å². The summed E-state index contributed by atoms with van der Waals surface area (Å²) in [5, 5.41) is 16.9. The second-order valence-corrected chi connectivity index (χ2v) is 5.60. The molecule has 2 aromatic carbocycles. The molecule has 1 aromatic heterocycles. The Kier molecular flexibility index (Phi) is 4.43. The molecule has 0 aliphatic rings. The van der Waals surface area contributed by atoms with Crippen molar-refractivity contribution in [1.29, 1.82) is 0 Å². The molecular weight excluding hydrogens is 310 g/mol. The Balaban J connectivity index is 1.73. The van der Waals surface area contributed by atoms with Gasteiger partial charge in [0.2, 0.25) is 0 Å². The van der Waals surface area contributed by atoms with Crippen LogP contribution >= 0.6 is 0 Å². The molecule has 0 aliphatic carbocycles. The standard InChI is InChI=1S/C17H17N3O4/c1-20(10-12-3-5-14-15(8-12)19-24-18-14)9-11-4-6-16(23-2)13(7-11)17(21)22/h3-8H,9-10H2,1-2H3,(H,21,22). The van der Waals surface area contributed by atoms with Crippen molar-refractivity contribution in [3.63, 3.8) is 0 Å². The van der Waals surface area contributed by atoms with Gasteiger partial charge in [0.25, 0.3) is 0 Å². The zero-order valence-corrected chi connectivity index (χ0v) is 13.4. The van der Waals surface area contributed by atoms with E-state index in [2.05, 4.69) is 15.2 Å². The fourth-order valence-corrected chi connectivity index (χ4v) is 2.63. The molecule has 0 bridgehead atoms. The predicted octanol–water partition coefficient (Wildman–Crippen LogP) is 2.56. The third kappa shape index (κ3) is 3.36. The molecule has 3 aromatic rings. The van der Waals surface area contributed by atoms with Crippen molar-refractivity contribution >= 4 is 17.0 Å². The SMILES string of the molecule is COc1ccc(CN(C)Cc2ccc3nonc3c2)cc1C(=O)O. The molecule has 0 saturated carbocycles. The van der Waals surface area contributed by atoms with E-state index in [1.807, 2.05) is 31.3 Å². The predicted molar refractivity (Wildman–Crippen MR) is 86.9 cm³/mol. The highest BCUT2D eigenvalue weighted by atomic mass is 16.6. The number of nitrogens with zero attached hydrogens (tertiary/aromatic N) is 3. The van der Waals surface area contributed by atoms with Crippen molar-refractivity contribution in [2.75, 3.05) is 14.2 Å². The number of carboxylic acid groups (broad SMARTS) is 1. The number of aromatic carboxylic acids is 1. The molecule has 0 spiro atoms. The minimum Gasteiger partial charge on any atom is -0.496 e. The first-order valence-corrected chi connectivity index (χ1v) is 7.37. The van der Waals surface area contributed by atoms with Crippen LogP contribution in [0, 0.1) is 0 Å². The van der Waals surface area contributed by atoms with Crippen molar-refractivity contribution in [1.82, 2.24) is 15.2 Å². The highest BCUT2D eigenvalue weighted by molar-refractivity contribution is 5.91. The van der Waals surface area contributed by atoms with E-state index in [1.165, 1.54) is 7.11 Å². The van der Waals surface area contributed by atoms with Crippen LogP contribution in [0.1, 0.15) is 21.5 Å². The Morgan fingerprint density at radius 2 is 1.79 bits per heavy atom. The van der Waals surface area contributed by atoms with Crippen LogP contribution in [-0.2, 0) is 13.1 Å². The summed E-state index contributed by atoms with van der Waals surface area (Å²) in [5.41, 5.74) is 3.59. The molecule has 0 radical (unpaired) electrons. The Labute approximate surface area is 138 Å². The quantitative estimate of drug-likeness (QED) is 0.744. The first kappa shape index (κ1) is 15.9. The molecule has 24 heavy (non-hydrogen) atoms. The zero-order chi connectivity index (χ0) is 17.1. The first-order chi connectivity index (χ1) is 11.6. The average molecular weight is 327 g/mol. The summed E-state index contributed by atoms with van der Waals surface area (Å²) >= 11 is 0. The number of methoxy groups -OCH3 is 1. The van der Waals surface area contributed by atoms with Gasteiger partial charge in [-0.15, -0.1) is 0 Å². The van der Waals surface area contributed by atoms with Crippen LogP contribution in [0.5, 0.6) is 5.75 Å². The maximum absolute atomic E-state index is 11.3. The number of ether oxygens (including phenoxy) is 1. The van der Waals surface area contributed by atoms with Crippen LogP contribution in [-0.4, -0.2) is 40.4 Å². The lowest BCUT2D eigenvalue weighted by atomic mass is 10.1. The van der Waals surface area contributed by atoms with Crippen molar-refractivity contribution in [2.24, 2.45) is 0 Å². The van der Waals surface area contributed by atoms with Crippen LogP contribution in [0.3, 0.4) is 0 Å². The van der Waals surface area contributed by atoms with Crippen LogP contribution in [0.2, 0.25) is 0 Å². The number of aromatic nitrogens is 2. The molecule has 1 N–H and O–H groups in total. The number of fused-ring (bicyclic) bond motifs is 1. The Morgan fingerprint density at radius 1 is 1.12 bits per heavy atom. The summed E-state index contributed by atoms with van der Waals surface area (Å²) in [6, 6.07) is 11.0. The topological polar surface area (TPSA) is 88.7 Å². The average Bonchev–Trinajstić information content (AvgIpc) is 3.02. The number of rotatable bonds is 6. The van der Waals surface area contributed by atoms with Crippen molar-refractivity contribution in [3.05, 3.63) is 53.1 Å². The third-order valence-corrected chi connectivity index (χ3v) is 3.72. The molecule has 7 nitrogen and oxygen atoms in total. The summed E-state index contributed by atoms with van der Waals surface area (Å²) in [6.45, 7) is 1.30. The molecule has 124 valence electrons. The molecule has 0 atom stereocenters. The number of carbonyl (C=O) groups is 1. The molecule has 0 aliphatic heterocycles. The first-order valence-electron chi connectivity index (χ1n) is 7.37. The second kappa shape index (κ2) is 6.67. The van der Waals surface area contributed by atoms with Crippen molar-refractivity contribution < 1.29 is 19.3 Å². The summed E-state index contributed by atoms with van der Waals surface area (Å²) in [6.07, 6.45) is 0. The van der Waals surface area contributed by atoms with Gasteiger partial charge in [0.1, 0.15) is 22.3 Å². The zero-order valence-electron chi connectivity index (χ0n) is 13.4. The van der Waals surface area contributed by atoms with Gasteiger partial charge in [0.15, 0.2) is 0 Å². The van der Waals surface area contributed by atoms with Gasteiger partial charge in [0, 0.05) is 13.1 Å². The normalized spacial score (nSPS) is 11.1. The van der Waals surface area contributed by atoms with E-state index in [0.717, 1.165) is 22.2 Å². The van der Waals surface area contributed by atoms with Crippen LogP contribution in [0.25, 0.3) is 11.0 Å². The number of carboxylic acids is 1. The largest absolute Gasteiger partial charge is 0.496 e. The summed E-state index contributed by atoms with van der Waals surface area (Å²) in [7, 11) is 3.43. The van der Waals surface area contributed by atoms with E-state index in [-0.39, 0.29) is 5.56 Å². The molecule has 0 fully saturated rings. The molecule has 0 amide bonds. The minimum absolute atomic E-state index is 0.165. The van der Waals surface area contributed by atoms with Gasteiger partial charge in [-0.1, -0.05) is 12.1 Å². The monoisotopic (exact) mass is 327 g/mol. The van der Waals surface area contributed by atoms with Gasteiger partial charge >= 0.3 is 5.97 Å². The number of benzene rings is 2. The minimum atomic E-state index is -1.000. The van der Waals surface area contributed by atoms with E-state index in [1.54, 1.807) is 12.1 Å². The fourth-order valence-electron chi connectivity index (χ4n) is 2.63. The third-order valence-electron chi connectivity index (χ3n) is 3.72. The lowest BCUT2D eigenvalue weighted by Gasteiger charge is -2.17. The lowest BCUT2D eigenvalue weighted by Crippen LogP contribution is -2.17. The van der Waals surface area contributed by atoms with E-state index >= 15 is 0 Å². The molecule has 0 saturated heterocycles. The smallest absolute Gasteiger partial charge is 0.339 e. The van der Waals surface area contributed by atoms with Gasteiger partial charge in [-0.2, -0.15) is 0 Å². The highest BCUT2D eigenvalue weighted by Crippen LogP contribution is 2.21. The maximum Gasteiger partial charge on any atom is 0.339 e. The molecule has 1 heterocycles. The van der Waals surface area contributed by atoms with E-state index in [0.29, 0.717) is 18.8 Å². The van der Waals surface area contributed by atoms with Crippen LogP contribution in [0.4, 0.5) is 0 Å². The van der Waals surface area contributed by atoms with Gasteiger partial charge in [-0.3, -0.25) is 4.90 Å². The Morgan fingerprint density at radius 3 is 2.50 bits per heavy atom. The summed E-state index contributed by atoms with van der Waals surface area (Å²) in [4.78, 5) is 13.4. The molecular formula is C17H17N3O4. The number of hydrogen-bond donors (Lipinski definition) is 1. The van der Waals surface area contributed by atoms with Crippen molar-refractivity contribution in [3.8, 4) is 5.75 Å². The van der Waals surface area contributed by atoms with Gasteiger partial charge in [-0.05, 0) is 52.8 Å². The Bertz CT molecular complexity index is 875. The van der Waals surface area contributed by atoms with Crippen molar-refractivity contribution in [2.45, 2.75) is 13.1 Å². The van der Waals surface area contributed by atoms with Gasteiger partial charge in [0.05, 0.1) is 7.11 Å². The van der Waals surface area contributed by atoms with Crippen LogP contribution < -0.4 is 4.74 Å². The lowest BCUT2D eigenvalue weighted by molar-refractivity contribution is 0.0693.